The van der Waals surface area contributed by atoms with E-state index in [0.717, 1.165) is 11.4 Å². The average molecular weight is 245 g/mol. The minimum atomic E-state index is -0.530. The number of rotatable bonds is 3. The number of nitro benzene ring substituents is 1. The van der Waals surface area contributed by atoms with E-state index < -0.39 is 4.92 Å². The van der Waals surface area contributed by atoms with Gasteiger partial charge in [0, 0.05) is 23.4 Å². The maximum absolute atomic E-state index is 11.0. The molecule has 0 aliphatic carbocycles. The number of hydrogen-bond acceptors (Lipinski definition) is 4. The Hall–Kier alpha value is -2.50. The second-order valence-electron chi connectivity index (χ2n) is 3.96. The van der Waals surface area contributed by atoms with Gasteiger partial charge in [-0.05, 0) is 26.0 Å². The number of carbonyl (C=O) groups excluding carboxylic acids is 1. The number of aromatic nitrogens is 2. The smallest absolute Gasteiger partial charge is 0.270 e. The monoisotopic (exact) mass is 245 g/mol. The van der Waals surface area contributed by atoms with Crippen molar-refractivity contribution in [1.29, 1.82) is 0 Å². The van der Waals surface area contributed by atoms with Crippen LogP contribution in [-0.4, -0.2) is 21.0 Å². The standard InChI is InChI=1S/C12H11N3O3/c1-8-5-9(2)14(13-8)12-4-3-11(15(17)18)6-10(12)7-16/h3-7H,1-2H3. The molecule has 0 aliphatic rings. The van der Waals surface area contributed by atoms with E-state index in [2.05, 4.69) is 5.10 Å². The number of nitrogens with zero attached hydrogens (tertiary/aromatic N) is 3. The summed E-state index contributed by atoms with van der Waals surface area (Å²) < 4.78 is 1.60. The number of nitro groups is 1. The highest BCUT2D eigenvalue weighted by atomic mass is 16.6. The minimum Gasteiger partial charge on any atom is -0.298 e. The number of hydrogen-bond donors (Lipinski definition) is 0. The second-order valence-corrected chi connectivity index (χ2v) is 3.96. The molecule has 0 bridgehead atoms. The zero-order valence-electron chi connectivity index (χ0n) is 9.95. The van der Waals surface area contributed by atoms with E-state index in [1.54, 1.807) is 4.68 Å². The van der Waals surface area contributed by atoms with Crippen molar-refractivity contribution in [3.63, 3.8) is 0 Å². The van der Waals surface area contributed by atoms with Gasteiger partial charge >= 0.3 is 0 Å². The van der Waals surface area contributed by atoms with Crippen LogP contribution in [0.25, 0.3) is 5.69 Å². The van der Waals surface area contributed by atoms with Crippen LogP contribution in [0.15, 0.2) is 24.3 Å². The molecule has 6 nitrogen and oxygen atoms in total. The fourth-order valence-electron chi connectivity index (χ4n) is 1.82. The van der Waals surface area contributed by atoms with Crippen LogP contribution >= 0.6 is 0 Å². The van der Waals surface area contributed by atoms with Gasteiger partial charge in [0.15, 0.2) is 6.29 Å². The van der Waals surface area contributed by atoms with E-state index >= 15 is 0 Å². The van der Waals surface area contributed by atoms with E-state index in [4.69, 9.17) is 0 Å². The molecule has 2 rings (SSSR count). The Morgan fingerprint density at radius 2 is 2.06 bits per heavy atom. The summed E-state index contributed by atoms with van der Waals surface area (Å²) >= 11 is 0. The van der Waals surface area contributed by atoms with Crippen molar-refractivity contribution in [2.24, 2.45) is 0 Å². The summed E-state index contributed by atoms with van der Waals surface area (Å²) in [6.45, 7) is 3.70. The van der Waals surface area contributed by atoms with Gasteiger partial charge in [0.1, 0.15) is 0 Å². The van der Waals surface area contributed by atoms with E-state index in [-0.39, 0.29) is 11.3 Å². The van der Waals surface area contributed by atoms with E-state index in [1.807, 2.05) is 19.9 Å². The van der Waals surface area contributed by atoms with Crippen LogP contribution in [0.5, 0.6) is 0 Å². The van der Waals surface area contributed by atoms with Crippen molar-refractivity contribution in [2.75, 3.05) is 0 Å². The molecule has 0 amide bonds. The van der Waals surface area contributed by atoms with Crippen molar-refractivity contribution in [1.82, 2.24) is 9.78 Å². The average Bonchev–Trinajstić information content (AvgIpc) is 2.67. The summed E-state index contributed by atoms with van der Waals surface area (Å²) in [6.07, 6.45) is 0.596. The lowest BCUT2D eigenvalue weighted by Gasteiger charge is -2.06. The number of carbonyl (C=O) groups is 1. The largest absolute Gasteiger partial charge is 0.298 e. The van der Waals surface area contributed by atoms with Gasteiger partial charge < -0.3 is 0 Å². The molecular formula is C12H11N3O3. The Bertz CT molecular complexity index is 631. The van der Waals surface area contributed by atoms with Crippen LogP contribution < -0.4 is 0 Å². The van der Waals surface area contributed by atoms with Crippen molar-refractivity contribution < 1.29 is 9.72 Å². The molecule has 0 atom stereocenters. The molecule has 0 N–H and O–H groups in total. The summed E-state index contributed by atoms with van der Waals surface area (Å²) in [5.74, 6) is 0. The normalized spacial score (nSPS) is 10.3. The van der Waals surface area contributed by atoms with Gasteiger partial charge in [-0.15, -0.1) is 0 Å². The first-order valence-electron chi connectivity index (χ1n) is 5.30. The van der Waals surface area contributed by atoms with Gasteiger partial charge in [0.2, 0.25) is 0 Å². The summed E-state index contributed by atoms with van der Waals surface area (Å²) in [6, 6.07) is 6.01. The van der Waals surface area contributed by atoms with Crippen LogP contribution in [0.3, 0.4) is 0 Å². The fraction of sp³-hybridized carbons (Fsp3) is 0.167. The number of non-ortho nitro benzene ring substituents is 1. The highest BCUT2D eigenvalue weighted by molar-refractivity contribution is 5.82. The number of aryl methyl sites for hydroxylation is 2. The maximum Gasteiger partial charge on any atom is 0.270 e. The molecule has 92 valence electrons. The van der Waals surface area contributed by atoms with Gasteiger partial charge in [0.05, 0.1) is 16.3 Å². The first-order chi connectivity index (χ1) is 8.52. The molecule has 2 aromatic rings. The predicted octanol–water partition coefficient (Wildman–Crippen LogP) is 2.21. The SMILES string of the molecule is Cc1cc(C)n(-c2ccc([N+](=O)[O-])cc2C=O)n1. The second kappa shape index (κ2) is 4.40. The Kier molecular flexibility index (Phi) is 2.93. The molecule has 18 heavy (non-hydrogen) atoms. The molecule has 0 fully saturated rings. The van der Waals surface area contributed by atoms with Crippen molar-refractivity contribution >= 4 is 12.0 Å². The van der Waals surface area contributed by atoms with Gasteiger partial charge in [-0.25, -0.2) is 4.68 Å². The lowest BCUT2D eigenvalue weighted by atomic mass is 10.1. The summed E-state index contributed by atoms with van der Waals surface area (Å²) in [7, 11) is 0. The molecule has 0 saturated heterocycles. The molecule has 0 spiro atoms. The third kappa shape index (κ3) is 2.00. The summed E-state index contributed by atoms with van der Waals surface area (Å²) in [5, 5.41) is 14.9. The van der Waals surface area contributed by atoms with Gasteiger partial charge in [0.25, 0.3) is 5.69 Å². The zero-order chi connectivity index (χ0) is 13.3. The fourth-order valence-corrected chi connectivity index (χ4v) is 1.82. The molecule has 1 aromatic heterocycles. The highest BCUT2D eigenvalue weighted by Crippen LogP contribution is 2.21. The van der Waals surface area contributed by atoms with Crippen molar-refractivity contribution in [3.8, 4) is 5.69 Å². The van der Waals surface area contributed by atoms with Gasteiger partial charge in [-0.1, -0.05) is 0 Å². The molecule has 1 aromatic carbocycles. The first kappa shape index (κ1) is 12.0. The number of aldehydes is 1. The molecule has 0 aliphatic heterocycles. The Labute approximate surface area is 103 Å². The molecule has 0 saturated carbocycles. The highest BCUT2D eigenvalue weighted by Gasteiger charge is 2.13. The van der Waals surface area contributed by atoms with Crippen molar-refractivity contribution in [3.05, 3.63) is 51.3 Å². The molecule has 0 radical (unpaired) electrons. The molecular weight excluding hydrogens is 234 g/mol. The lowest BCUT2D eigenvalue weighted by Crippen LogP contribution is -2.04. The third-order valence-electron chi connectivity index (χ3n) is 2.59. The third-order valence-corrected chi connectivity index (χ3v) is 2.59. The zero-order valence-corrected chi connectivity index (χ0v) is 9.95. The molecule has 1 heterocycles. The number of benzene rings is 1. The topological polar surface area (TPSA) is 78.0 Å². The summed E-state index contributed by atoms with van der Waals surface area (Å²) in [5.41, 5.74) is 2.37. The van der Waals surface area contributed by atoms with E-state index in [0.29, 0.717) is 12.0 Å². The maximum atomic E-state index is 11.0. The Balaban J connectivity index is 2.61. The summed E-state index contributed by atoms with van der Waals surface area (Å²) in [4.78, 5) is 21.2. The Morgan fingerprint density at radius 3 is 2.56 bits per heavy atom. The van der Waals surface area contributed by atoms with E-state index in [9.17, 15) is 14.9 Å². The van der Waals surface area contributed by atoms with Gasteiger partial charge in [-0.2, -0.15) is 5.10 Å². The van der Waals surface area contributed by atoms with E-state index in [1.165, 1.54) is 18.2 Å². The van der Waals surface area contributed by atoms with Crippen molar-refractivity contribution in [2.45, 2.75) is 13.8 Å². The van der Waals surface area contributed by atoms with Crippen LogP contribution in [-0.2, 0) is 0 Å². The van der Waals surface area contributed by atoms with Crippen LogP contribution in [0, 0.1) is 24.0 Å². The van der Waals surface area contributed by atoms with Gasteiger partial charge in [-0.3, -0.25) is 14.9 Å². The first-order valence-corrected chi connectivity index (χ1v) is 5.30. The lowest BCUT2D eigenvalue weighted by molar-refractivity contribution is -0.384. The minimum absolute atomic E-state index is 0.109. The van der Waals surface area contributed by atoms with Crippen LogP contribution in [0.2, 0.25) is 0 Å². The Morgan fingerprint density at radius 1 is 1.33 bits per heavy atom. The molecule has 6 heteroatoms. The quantitative estimate of drug-likeness (QED) is 0.472. The predicted molar refractivity (Wildman–Crippen MR) is 65.1 cm³/mol. The van der Waals surface area contributed by atoms with Crippen LogP contribution in [0.1, 0.15) is 21.7 Å². The molecule has 0 unspecified atom stereocenters. The van der Waals surface area contributed by atoms with Crippen LogP contribution in [0.4, 0.5) is 5.69 Å².